The summed E-state index contributed by atoms with van der Waals surface area (Å²) in [5.41, 5.74) is 9.77. The van der Waals surface area contributed by atoms with Crippen molar-refractivity contribution in [3.63, 3.8) is 0 Å². The van der Waals surface area contributed by atoms with Crippen LogP contribution in [0.5, 0.6) is 0 Å². The number of hydrogen-bond donors (Lipinski definition) is 3. The fraction of sp³-hybridized carbons (Fsp3) is 0.452. The number of carboxylic acid groups (broad SMARTS) is 2. The monoisotopic (exact) mass is 758 g/mol. The van der Waals surface area contributed by atoms with Crippen LogP contribution in [0, 0.1) is 6.92 Å². The molecule has 1 aliphatic carbocycles. The van der Waals surface area contributed by atoms with Crippen molar-refractivity contribution in [1.29, 1.82) is 0 Å². The summed E-state index contributed by atoms with van der Waals surface area (Å²) in [6.45, 7) is 14.4. The summed E-state index contributed by atoms with van der Waals surface area (Å²) >= 11 is 0. The van der Waals surface area contributed by atoms with Crippen LogP contribution in [0.15, 0.2) is 88.1 Å². The molecule has 1 saturated heterocycles. The van der Waals surface area contributed by atoms with Gasteiger partial charge in [-0.15, -0.1) is 0 Å². The summed E-state index contributed by atoms with van der Waals surface area (Å²) in [5.74, 6) is -1.68. The molecule has 12 heteroatoms. The Morgan fingerprint density at radius 3 is 1.74 bits per heavy atom. The number of ether oxygens (including phenoxy) is 1. The lowest BCUT2D eigenvalue weighted by molar-refractivity contribution is -0.548. The van der Waals surface area contributed by atoms with Crippen molar-refractivity contribution in [2.45, 2.75) is 88.9 Å². The summed E-state index contributed by atoms with van der Waals surface area (Å²) in [7, 11) is -4.42. The summed E-state index contributed by atoms with van der Waals surface area (Å²) in [6, 6.07) is 11.1. The Kier molecular flexibility index (Phi) is 11.1. The molecule has 54 heavy (non-hydrogen) atoms. The Bertz CT molecular complexity index is 2120. The maximum Gasteiger partial charge on any atom is 0.303 e. The van der Waals surface area contributed by atoms with Gasteiger partial charge in [-0.05, 0) is 80.2 Å². The number of morpholine rings is 1. The molecule has 288 valence electrons. The van der Waals surface area contributed by atoms with Gasteiger partial charge in [0.15, 0.2) is 13.1 Å². The van der Waals surface area contributed by atoms with E-state index in [0.717, 1.165) is 54.3 Å². The first-order valence-corrected chi connectivity index (χ1v) is 20.2. The van der Waals surface area contributed by atoms with Gasteiger partial charge in [0.25, 0.3) is 10.1 Å². The third-order valence-electron chi connectivity index (χ3n) is 11.2. The molecule has 2 fully saturated rings. The summed E-state index contributed by atoms with van der Waals surface area (Å²) in [4.78, 5) is 27.1. The van der Waals surface area contributed by atoms with Gasteiger partial charge in [0.05, 0.1) is 4.90 Å². The van der Waals surface area contributed by atoms with Crippen LogP contribution in [0.3, 0.4) is 0 Å². The van der Waals surface area contributed by atoms with Gasteiger partial charge in [-0.2, -0.15) is 8.42 Å². The van der Waals surface area contributed by atoms with Gasteiger partial charge in [-0.25, -0.2) is 4.58 Å². The minimum atomic E-state index is -4.42. The molecular formula is C42H52N3O8S+. The highest BCUT2D eigenvalue weighted by Crippen LogP contribution is 2.50. The van der Waals surface area contributed by atoms with Crippen LogP contribution in [0.4, 0.5) is 11.4 Å². The van der Waals surface area contributed by atoms with E-state index in [1.807, 2.05) is 13.8 Å². The van der Waals surface area contributed by atoms with Crippen molar-refractivity contribution in [1.82, 2.24) is 0 Å². The van der Waals surface area contributed by atoms with Crippen molar-refractivity contribution in [3.05, 3.63) is 99.9 Å². The summed E-state index contributed by atoms with van der Waals surface area (Å²) < 4.78 is 42.2. The Morgan fingerprint density at radius 1 is 0.778 bits per heavy atom. The van der Waals surface area contributed by atoms with E-state index in [0.29, 0.717) is 39.1 Å². The molecule has 0 unspecified atom stereocenters. The lowest BCUT2D eigenvalue weighted by Gasteiger charge is -2.27. The molecule has 6 rings (SSSR count). The molecule has 3 N–H and O–H groups in total. The largest absolute Gasteiger partial charge is 0.481 e. The third kappa shape index (κ3) is 7.83. The molecule has 0 aromatic heterocycles. The Balaban J connectivity index is 1.41. The number of carboxylic acids is 2. The summed E-state index contributed by atoms with van der Waals surface area (Å²) in [5, 5.41) is 18.8. The quantitative estimate of drug-likeness (QED) is 0.166. The molecule has 3 aliphatic heterocycles. The zero-order valence-corrected chi connectivity index (χ0v) is 32.7. The predicted octanol–water partition coefficient (Wildman–Crippen LogP) is 6.76. The molecule has 0 amide bonds. The minimum Gasteiger partial charge on any atom is -0.481 e. The Morgan fingerprint density at radius 2 is 1.26 bits per heavy atom. The van der Waals surface area contributed by atoms with Gasteiger partial charge in [0, 0.05) is 70.7 Å². The molecule has 0 radical (unpaired) electrons. The van der Waals surface area contributed by atoms with Crippen LogP contribution in [-0.2, 0) is 35.3 Å². The summed E-state index contributed by atoms with van der Waals surface area (Å²) in [6.07, 6.45) is 11.4. The molecule has 0 bridgehead atoms. The number of rotatable bonds is 11. The van der Waals surface area contributed by atoms with E-state index < -0.39 is 27.5 Å². The van der Waals surface area contributed by atoms with Gasteiger partial charge in [0.1, 0.15) is 13.2 Å². The Labute approximate surface area is 318 Å². The average molecular weight is 759 g/mol. The van der Waals surface area contributed by atoms with Crippen LogP contribution >= 0.6 is 0 Å². The highest BCUT2D eigenvalue weighted by Gasteiger charge is 2.42. The number of benzene rings is 2. The van der Waals surface area contributed by atoms with Crippen molar-refractivity contribution >= 4 is 39.1 Å². The first-order chi connectivity index (χ1) is 25.5. The molecule has 1 saturated carbocycles. The number of allylic oxidation sites excluding steroid dienone is 8. The number of aryl methyl sites for hydroxylation is 1. The highest BCUT2D eigenvalue weighted by molar-refractivity contribution is 7.85. The SMILES string of the molecule is Cc1ccc2c(c1)C(C)(C)C(=CC=C1CC/C(=C\C=C3\N(CCCC(=O)O)c4ccc(S(=O)(=O)O)cc4C3(C)C)C1=[N+]1CCOCC1)N2CCCC(=O)O. The van der Waals surface area contributed by atoms with E-state index in [9.17, 15) is 32.8 Å². The molecular weight excluding hydrogens is 707 g/mol. The third-order valence-corrected chi connectivity index (χ3v) is 12.1. The number of nitrogens with zero attached hydrogens (tertiary/aromatic N) is 3. The fourth-order valence-corrected chi connectivity index (χ4v) is 8.96. The first kappa shape index (κ1) is 39.2. The molecule has 2 aromatic carbocycles. The molecule has 3 heterocycles. The topological polar surface area (TPSA) is 148 Å². The van der Waals surface area contributed by atoms with E-state index in [1.165, 1.54) is 40.1 Å². The van der Waals surface area contributed by atoms with Crippen molar-refractivity contribution in [2.75, 3.05) is 49.2 Å². The zero-order chi connectivity index (χ0) is 39.0. The Hall–Kier alpha value is -4.52. The van der Waals surface area contributed by atoms with Gasteiger partial charge >= 0.3 is 11.9 Å². The minimum absolute atomic E-state index is 0.000827. The standard InChI is InChI=1S/C42H51N3O8S/c1-28-10-16-34-32(26-28)41(2,3)36(44(34)20-6-8-38(46)47)18-13-29-11-12-30(40(29)43-22-24-53-25-23-43)14-19-37-42(4,5)33-27-31(54(50,51)52)15-17-35(33)45(37)21-7-9-39(48)49/h10,13-19,26-27H,6-9,11-12,20-25H2,1-5H3,(H2-,46,47,48,49,50,51,52)/p+1. The normalized spacial score (nSPS) is 22.2. The lowest BCUT2D eigenvalue weighted by atomic mass is 9.83. The van der Waals surface area contributed by atoms with Crippen LogP contribution in [0.2, 0.25) is 0 Å². The second kappa shape index (κ2) is 15.3. The molecule has 11 nitrogen and oxygen atoms in total. The number of anilines is 2. The molecule has 0 atom stereocenters. The molecule has 0 spiro atoms. The number of carbonyl (C=O) groups is 2. The van der Waals surface area contributed by atoms with Crippen molar-refractivity contribution < 1.29 is 42.1 Å². The fourth-order valence-electron chi connectivity index (χ4n) is 8.45. The van der Waals surface area contributed by atoms with E-state index in [-0.39, 0.29) is 23.2 Å². The maximum absolute atomic E-state index is 12.1. The van der Waals surface area contributed by atoms with E-state index in [4.69, 9.17) is 4.74 Å². The van der Waals surface area contributed by atoms with Gasteiger partial charge < -0.3 is 24.7 Å². The van der Waals surface area contributed by atoms with E-state index in [2.05, 4.69) is 77.6 Å². The second-order valence-electron chi connectivity index (χ2n) is 15.7. The number of fused-ring (bicyclic) bond motifs is 2. The first-order valence-electron chi connectivity index (χ1n) is 18.7. The van der Waals surface area contributed by atoms with Crippen LogP contribution < -0.4 is 9.80 Å². The van der Waals surface area contributed by atoms with Crippen molar-refractivity contribution in [2.24, 2.45) is 0 Å². The van der Waals surface area contributed by atoms with E-state index in [1.54, 1.807) is 6.07 Å². The number of hydrogen-bond acceptors (Lipinski definition) is 7. The van der Waals surface area contributed by atoms with Gasteiger partial charge in [-0.3, -0.25) is 14.1 Å². The van der Waals surface area contributed by atoms with E-state index >= 15 is 0 Å². The van der Waals surface area contributed by atoms with Gasteiger partial charge in [-0.1, -0.05) is 57.5 Å². The molecule has 4 aliphatic rings. The second-order valence-corrected chi connectivity index (χ2v) is 17.1. The lowest BCUT2D eigenvalue weighted by Crippen LogP contribution is -2.33. The van der Waals surface area contributed by atoms with Crippen molar-refractivity contribution in [3.8, 4) is 0 Å². The predicted molar refractivity (Wildman–Crippen MR) is 209 cm³/mol. The average Bonchev–Trinajstić information content (AvgIpc) is 3.67. The van der Waals surface area contributed by atoms with Crippen LogP contribution in [-0.4, -0.2) is 84.8 Å². The van der Waals surface area contributed by atoms with Gasteiger partial charge in [0.2, 0.25) is 5.71 Å². The van der Waals surface area contributed by atoms with Crippen LogP contribution in [0.25, 0.3) is 0 Å². The zero-order valence-electron chi connectivity index (χ0n) is 31.9. The smallest absolute Gasteiger partial charge is 0.303 e. The number of aliphatic carboxylic acids is 2. The highest BCUT2D eigenvalue weighted by atomic mass is 32.2. The molecule has 2 aromatic rings. The van der Waals surface area contributed by atoms with Crippen LogP contribution in [0.1, 0.15) is 82.9 Å². The maximum atomic E-state index is 12.1.